The monoisotopic (exact) mass is 384 g/mol. The van der Waals surface area contributed by atoms with Gasteiger partial charge >= 0.3 is 11.9 Å². The molecule has 0 saturated carbocycles. The van der Waals surface area contributed by atoms with E-state index in [1.54, 1.807) is 37.3 Å². The van der Waals surface area contributed by atoms with Gasteiger partial charge in [0.1, 0.15) is 6.10 Å². The summed E-state index contributed by atoms with van der Waals surface area (Å²) in [6, 6.07) is 18.2. The van der Waals surface area contributed by atoms with E-state index in [2.05, 4.69) is 10.6 Å². The first-order valence-electron chi connectivity index (χ1n) is 8.96. The van der Waals surface area contributed by atoms with Crippen LogP contribution in [0.25, 0.3) is 0 Å². The molecule has 0 spiro atoms. The SMILES string of the molecule is CC(C(=O)N[C@H](C)NC[C@H](OC(=O)C(=O)O)c1ccccc1)c1ccccc1. The summed E-state index contributed by atoms with van der Waals surface area (Å²) in [5, 5.41) is 14.7. The maximum atomic E-state index is 12.4. The van der Waals surface area contributed by atoms with Crippen molar-refractivity contribution < 1.29 is 24.2 Å². The van der Waals surface area contributed by atoms with Gasteiger partial charge in [0.15, 0.2) is 0 Å². The molecule has 2 rings (SSSR count). The van der Waals surface area contributed by atoms with Gasteiger partial charge in [-0.15, -0.1) is 0 Å². The zero-order chi connectivity index (χ0) is 20.5. The molecule has 0 saturated heterocycles. The third-order valence-electron chi connectivity index (χ3n) is 4.26. The highest BCUT2D eigenvalue weighted by Crippen LogP contribution is 2.17. The topological polar surface area (TPSA) is 105 Å². The van der Waals surface area contributed by atoms with Crippen LogP contribution in [0.3, 0.4) is 0 Å². The van der Waals surface area contributed by atoms with Crippen LogP contribution in [-0.4, -0.2) is 35.7 Å². The van der Waals surface area contributed by atoms with Crippen molar-refractivity contribution in [2.75, 3.05) is 6.54 Å². The smallest absolute Gasteiger partial charge is 0.417 e. The summed E-state index contributed by atoms with van der Waals surface area (Å²) in [5.41, 5.74) is 1.56. The van der Waals surface area contributed by atoms with Crippen molar-refractivity contribution in [3.05, 3.63) is 71.8 Å². The summed E-state index contributed by atoms with van der Waals surface area (Å²) in [6.07, 6.45) is -1.20. The standard InChI is InChI=1S/C21H24N2O5/c1-14(16-9-5-3-6-10-16)19(24)23-15(2)22-13-18(28-21(27)20(25)26)17-11-7-4-8-12-17/h3-12,14-15,18,22H,13H2,1-2H3,(H,23,24)(H,25,26)/t14?,15-,18+/m1/s1. The van der Waals surface area contributed by atoms with E-state index in [0.29, 0.717) is 5.56 Å². The highest BCUT2D eigenvalue weighted by Gasteiger charge is 2.23. The van der Waals surface area contributed by atoms with Crippen molar-refractivity contribution in [2.24, 2.45) is 0 Å². The van der Waals surface area contributed by atoms with Gasteiger partial charge in [0.2, 0.25) is 5.91 Å². The van der Waals surface area contributed by atoms with Crippen LogP contribution in [0.1, 0.15) is 37.0 Å². The van der Waals surface area contributed by atoms with Crippen LogP contribution in [0, 0.1) is 0 Å². The lowest BCUT2D eigenvalue weighted by molar-refractivity contribution is -0.167. The van der Waals surface area contributed by atoms with Crippen LogP contribution in [-0.2, 0) is 19.1 Å². The number of carboxylic acids is 1. The van der Waals surface area contributed by atoms with E-state index in [0.717, 1.165) is 5.56 Å². The Morgan fingerprint density at radius 3 is 2.00 bits per heavy atom. The molecule has 148 valence electrons. The fourth-order valence-electron chi connectivity index (χ4n) is 2.64. The number of esters is 1. The number of carbonyl (C=O) groups is 3. The van der Waals surface area contributed by atoms with Gasteiger partial charge in [-0.2, -0.15) is 0 Å². The summed E-state index contributed by atoms with van der Waals surface area (Å²) in [5.74, 6) is -3.45. The second-order valence-electron chi connectivity index (χ2n) is 6.38. The molecule has 0 radical (unpaired) electrons. The molecule has 7 nitrogen and oxygen atoms in total. The molecular formula is C21H24N2O5. The first-order chi connectivity index (χ1) is 13.4. The third-order valence-corrected chi connectivity index (χ3v) is 4.26. The van der Waals surface area contributed by atoms with Gasteiger partial charge in [0, 0.05) is 6.54 Å². The molecule has 0 aliphatic heterocycles. The van der Waals surface area contributed by atoms with Gasteiger partial charge in [-0.1, -0.05) is 60.7 Å². The molecule has 1 amide bonds. The molecule has 0 bridgehead atoms. The van der Waals surface area contributed by atoms with E-state index in [-0.39, 0.29) is 18.4 Å². The Bertz CT molecular complexity index is 795. The summed E-state index contributed by atoms with van der Waals surface area (Å²) in [7, 11) is 0. The molecule has 2 aromatic rings. The van der Waals surface area contributed by atoms with Crippen molar-refractivity contribution in [3.8, 4) is 0 Å². The largest absolute Gasteiger partial charge is 0.473 e. The number of ether oxygens (including phenoxy) is 1. The molecule has 2 aromatic carbocycles. The Morgan fingerprint density at radius 2 is 1.46 bits per heavy atom. The Kier molecular flexibility index (Phi) is 7.71. The van der Waals surface area contributed by atoms with Gasteiger partial charge in [-0.05, 0) is 25.0 Å². The fraction of sp³-hybridized carbons (Fsp3) is 0.286. The third kappa shape index (κ3) is 6.21. The first-order valence-corrected chi connectivity index (χ1v) is 8.96. The normalized spacial score (nSPS) is 13.8. The Morgan fingerprint density at radius 1 is 0.929 bits per heavy atom. The van der Waals surface area contributed by atoms with Crippen molar-refractivity contribution >= 4 is 17.8 Å². The second kappa shape index (κ2) is 10.2. The lowest BCUT2D eigenvalue weighted by Gasteiger charge is -2.23. The predicted molar refractivity (Wildman–Crippen MR) is 103 cm³/mol. The minimum atomic E-state index is -1.65. The van der Waals surface area contributed by atoms with Crippen molar-refractivity contribution in [2.45, 2.75) is 32.0 Å². The minimum absolute atomic E-state index is 0.143. The number of amides is 1. The molecule has 3 atom stereocenters. The maximum absolute atomic E-state index is 12.4. The van der Waals surface area contributed by atoms with Gasteiger partial charge in [-0.25, -0.2) is 9.59 Å². The summed E-state index contributed by atoms with van der Waals surface area (Å²) >= 11 is 0. The average Bonchev–Trinajstić information content (AvgIpc) is 2.71. The highest BCUT2D eigenvalue weighted by molar-refractivity contribution is 6.28. The first kappa shape index (κ1) is 21.1. The van der Waals surface area contributed by atoms with Gasteiger partial charge in [0.25, 0.3) is 0 Å². The zero-order valence-corrected chi connectivity index (χ0v) is 15.8. The van der Waals surface area contributed by atoms with Crippen molar-refractivity contribution in [1.29, 1.82) is 0 Å². The second-order valence-corrected chi connectivity index (χ2v) is 6.38. The minimum Gasteiger partial charge on any atom is -0.473 e. The summed E-state index contributed by atoms with van der Waals surface area (Å²) < 4.78 is 5.06. The van der Waals surface area contributed by atoms with Crippen LogP contribution < -0.4 is 10.6 Å². The van der Waals surface area contributed by atoms with Crippen molar-refractivity contribution in [1.82, 2.24) is 10.6 Å². The fourth-order valence-corrected chi connectivity index (χ4v) is 2.64. The lowest BCUT2D eigenvalue weighted by Crippen LogP contribution is -2.46. The Balaban J connectivity index is 1.95. The lowest BCUT2D eigenvalue weighted by atomic mass is 10.0. The number of aliphatic carboxylic acids is 1. The van der Waals surface area contributed by atoms with E-state index >= 15 is 0 Å². The maximum Gasteiger partial charge on any atom is 0.417 e. The molecule has 0 aliphatic rings. The molecule has 28 heavy (non-hydrogen) atoms. The quantitative estimate of drug-likeness (QED) is 0.366. The number of nitrogens with one attached hydrogen (secondary N) is 2. The molecule has 1 unspecified atom stereocenters. The Hall–Kier alpha value is -3.19. The van der Waals surface area contributed by atoms with E-state index in [4.69, 9.17) is 9.84 Å². The number of hydrogen-bond acceptors (Lipinski definition) is 5. The van der Waals surface area contributed by atoms with E-state index < -0.39 is 24.2 Å². The summed E-state index contributed by atoms with van der Waals surface area (Å²) in [6.45, 7) is 3.72. The van der Waals surface area contributed by atoms with Crippen LogP contribution in [0.15, 0.2) is 60.7 Å². The van der Waals surface area contributed by atoms with Gasteiger partial charge < -0.3 is 15.2 Å². The molecule has 0 fully saturated rings. The van der Waals surface area contributed by atoms with E-state index in [1.807, 2.05) is 37.3 Å². The molecule has 0 aliphatic carbocycles. The Labute approximate surface area is 163 Å². The van der Waals surface area contributed by atoms with Crippen LogP contribution >= 0.6 is 0 Å². The molecule has 0 heterocycles. The number of hydrogen-bond donors (Lipinski definition) is 3. The highest BCUT2D eigenvalue weighted by atomic mass is 16.6. The number of carbonyl (C=O) groups excluding carboxylic acids is 2. The van der Waals surface area contributed by atoms with E-state index in [1.165, 1.54) is 0 Å². The van der Waals surface area contributed by atoms with Gasteiger partial charge in [-0.3, -0.25) is 10.1 Å². The molecule has 0 aromatic heterocycles. The summed E-state index contributed by atoms with van der Waals surface area (Å²) in [4.78, 5) is 34.7. The number of benzene rings is 2. The number of carboxylic acid groups (broad SMARTS) is 1. The average molecular weight is 384 g/mol. The zero-order valence-electron chi connectivity index (χ0n) is 15.8. The number of rotatable bonds is 8. The predicted octanol–water partition coefficient (Wildman–Crippen LogP) is 2.21. The van der Waals surface area contributed by atoms with Gasteiger partial charge in [0.05, 0.1) is 12.1 Å². The van der Waals surface area contributed by atoms with Crippen molar-refractivity contribution in [3.63, 3.8) is 0 Å². The van der Waals surface area contributed by atoms with Crippen LogP contribution in [0.5, 0.6) is 0 Å². The van der Waals surface area contributed by atoms with E-state index in [9.17, 15) is 14.4 Å². The molecule has 3 N–H and O–H groups in total. The molecular weight excluding hydrogens is 360 g/mol. The molecule has 7 heteroatoms. The van der Waals surface area contributed by atoms with Crippen LogP contribution in [0.2, 0.25) is 0 Å². The van der Waals surface area contributed by atoms with Crippen LogP contribution in [0.4, 0.5) is 0 Å².